The summed E-state index contributed by atoms with van der Waals surface area (Å²) in [6, 6.07) is 5.16. The zero-order valence-electron chi connectivity index (χ0n) is 10.2. The van der Waals surface area contributed by atoms with E-state index in [0.29, 0.717) is 0 Å². The highest BCUT2D eigenvalue weighted by Gasteiger charge is 2.15. The first-order chi connectivity index (χ1) is 9.86. The number of ether oxygens (including phenoxy) is 2. The van der Waals surface area contributed by atoms with Gasteiger partial charge >= 0.3 is 6.61 Å². The van der Waals surface area contributed by atoms with Gasteiger partial charge in [0.1, 0.15) is 11.6 Å². The van der Waals surface area contributed by atoms with E-state index in [9.17, 15) is 17.6 Å². The van der Waals surface area contributed by atoms with E-state index in [2.05, 4.69) is 4.74 Å². The van der Waals surface area contributed by atoms with Crippen molar-refractivity contribution in [2.75, 3.05) is 5.73 Å². The van der Waals surface area contributed by atoms with Gasteiger partial charge in [-0.3, -0.25) is 0 Å². The van der Waals surface area contributed by atoms with E-state index in [1.165, 1.54) is 12.1 Å². The van der Waals surface area contributed by atoms with Crippen molar-refractivity contribution in [3.8, 4) is 17.2 Å². The van der Waals surface area contributed by atoms with Crippen LogP contribution in [0.25, 0.3) is 0 Å². The van der Waals surface area contributed by atoms with Crippen LogP contribution in [0.4, 0.5) is 23.2 Å². The standard InChI is InChI=1S/C13H8ClF4NO2/c14-7-2-1-6(3-8(7)15)20-12-5-11(21-13(17)18)9(16)4-10(12)19/h1-5,13H,19H2. The average Bonchev–Trinajstić information content (AvgIpc) is 2.39. The number of anilines is 1. The second-order valence-electron chi connectivity index (χ2n) is 3.88. The molecule has 0 aromatic heterocycles. The van der Waals surface area contributed by atoms with E-state index in [1.54, 1.807) is 0 Å². The third-order valence-corrected chi connectivity index (χ3v) is 2.71. The predicted molar refractivity (Wildman–Crippen MR) is 68.9 cm³/mol. The molecule has 0 radical (unpaired) electrons. The molecule has 0 fully saturated rings. The lowest BCUT2D eigenvalue weighted by atomic mass is 10.2. The highest BCUT2D eigenvalue weighted by Crippen LogP contribution is 2.34. The van der Waals surface area contributed by atoms with Crippen molar-refractivity contribution in [3.63, 3.8) is 0 Å². The van der Waals surface area contributed by atoms with Gasteiger partial charge < -0.3 is 15.2 Å². The minimum absolute atomic E-state index is 0.0122. The van der Waals surface area contributed by atoms with Gasteiger partial charge in [0.15, 0.2) is 17.3 Å². The van der Waals surface area contributed by atoms with E-state index in [-0.39, 0.29) is 22.2 Å². The number of halogens is 5. The van der Waals surface area contributed by atoms with Gasteiger partial charge in [0.05, 0.1) is 10.7 Å². The van der Waals surface area contributed by atoms with E-state index >= 15 is 0 Å². The third kappa shape index (κ3) is 3.69. The van der Waals surface area contributed by atoms with Crippen molar-refractivity contribution in [1.82, 2.24) is 0 Å². The van der Waals surface area contributed by atoms with Gasteiger partial charge in [-0.15, -0.1) is 0 Å². The smallest absolute Gasteiger partial charge is 0.387 e. The molecule has 2 aromatic rings. The molecule has 2 aromatic carbocycles. The van der Waals surface area contributed by atoms with Crippen LogP contribution in [0.5, 0.6) is 17.2 Å². The first kappa shape index (κ1) is 15.2. The predicted octanol–water partition coefficient (Wildman–Crippen LogP) is 4.59. The Labute approximate surface area is 121 Å². The molecule has 0 atom stereocenters. The average molecular weight is 322 g/mol. The Bertz CT molecular complexity index is 667. The highest BCUT2D eigenvalue weighted by molar-refractivity contribution is 6.30. The topological polar surface area (TPSA) is 44.5 Å². The zero-order valence-corrected chi connectivity index (χ0v) is 11.0. The molecule has 0 amide bonds. The molecule has 3 nitrogen and oxygen atoms in total. The van der Waals surface area contributed by atoms with Gasteiger partial charge in [-0.1, -0.05) is 11.6 Å². The Morgan fingerprint density at radius 2 is 1.71 bits per heavy atom. The maximum Gasteiger partial charge on any atom is 0.387 e. The van der Waals surface area contributed by atoms with Gasteiger partial charge in [0.25, 0.3) is 0 Å². The molecule has 0 aliphatic heterocycles. The van der Waals surface area contributed by atoms with Crippen LogP contribution < -0.4 is 15.2 Å². The molecule has 0 saturated carbocycles. The van der Waals surface area contributed by atoms with Crippen molar-refractivity contribution < 1.29 is 27.0 Å². The molecule has 0 heterocycles. The minimum Gasteiger partial charge on any atom is -0.455 e. The molecule has 21 heavy (non-hydrogen) atoms. The molecule has 2 N–H and O–H groups in total. The fourth-order valence-electron chi connectivity index (χ4n) is 1.49. The molecule has 0 saturated heterocycles. The van der Waals surface area contributed by atoms with Crippen molar-refractivity contribution in [2.24, 2.45) is 0 Å². The summed E-state index contributed by atoms with van der Waals surface area (Å²) in [6.07, 6.45) is 0. The lowest BCUT2D eigenvalue weighted by Gasteiger charge is -2.12. The number of nitrogens with two attached hydrogens (primary N) is 1. The molecular weight excluding hydrogens is 314 g/mol. The Morgan fingerprint density at radius 3 is 2.33 bits per heavy atom. The fraction of sp³-hybridized carbons (Fsp3) is 0.0769. The van der Waals surface area contributed by atoms with Gasteiger partial charge in [-0.2, -0.15) is 8.78 Å². The zero-order chi connectivity index (χ0) is 15.6. The van der Waals surface area contributed by atoms with E-state index in [1.807, 2.05) is 0 Å². The van der Waals surface area contributed by atoms with Crippen LogP contribution in [0, 0.1) is 11.6 Å². The first-order valence-corrected chi connectivity index (χ1v) is 5.91. The van der Waals surface area contributed by atoms with Crippen LogP contribution >= 0.6 is 11.6 Å². The molecule has 112 valence electrons. The van der Waals surface area contributed by atoms with Gasteiger partial charge in [0, 0.05) is 18.2 Å². The number of hydrogen-bond donors (Lipinski definition) is 1. The monoisotopic (exact) mass is 321 g/mol. The van der Waals surface area contributed by atoms with Gasteiger partial charge in [-0.25, -0.2) is 8.78 Å². The molecule has 0 bridgehead atoms. The fourth-order valence-corrected chi connectivity index (χ4v) is 1.61. The summed E-state index contributed by atoms with van der Waals surface area (Å²) in [6.45, 7) is -3.20. The molecule has 0 aliphatic carbocycles. The number of rotatable bonds is 4. The van der Waals surface area contributed by atoms with Crippen LogP contribution in [-0.4, -0.2) is 6.61 Å². The Kier molecular flexibility index (Phi) is 4.42. The number of benzene rings is 2. The minimum atomic E-state index is -3.20. The third-order valence-electron chi connectivity index (χ3n) is 2.40. The Balaban J connectivity index is 2.32. The van der Waals surface area contributed by atoms with Crippen LogP contribution in [0.2, 0.25) is 5.02 Å². The lowest BCUT2D eigenvalue weighted by molar-refractivity contribution is -0.0522. The molecular formula is C13H8ClF4NO2. The van der Waals surface area contributed by atoms with Crippen LogP contribution in [0.1, 0.15) is 0 Å². The largest absolute Gasteiger partial charge is 0.455 e. The van der Waals surface area contributed by atoms with Crippen LogP contribution in [-0.2, 0) is 0 Å². The summed E-state index contributed by atoms with van der Waals surface area (Å²) in [7, 11) is 0. The number of hydrogen-bond acceptors (Lipinski definition) is 3. The molecule has 0 unspecified atom stereocenters. The second-order valence-corrected chi connectivity index (χ2v) is 4.28. The quantitative estimate of drug-likeness (QED) is 0.661. The molecule has 8 heteroatoms. The Morgan fingerprint density at radius 1 is 1.00 bits per heavy atom. The maximum atomic E-state index is 13.4. The normalized spacial score (nSPS) is 10.8. The molecule has 0 spiro atoms. The van der Waals surface area contributed by atoms with E-state index in [0.717, 1.165) is 18.2 Å². The van der Waals surface area contributed by atoms with Crippen LogP contribution in [0.3, 0.4) is 0 Å². The highest BCUT2D eigenvalue weighted by atomic mass is 35.5. The van der Waals surface area contributed by atoms with Gasteiger partial charge in [-0.05, 0) is 12.1 Å². The van der Waals surface area contributed by atoms with Crippen molar-refractivity contribution in [3.05, 3.63) is 47.0 Å². The summed E-state index contributed by atoms with van der Waals surface area (Å²) < 4.78 is 60.1. The van der Waals surface area contributed by atoms with E-state index < -0.39 is 24.0 Å². The first-order valence-electron chi connectivity index (χ1n) is 5.53. The van der Waals surface area contributed by atoms with Crippen molar-refractivity contribution in [1.29, 1.82) is 0 Å². The van der Waals surface area contributed by atoms with E-state index in [4.69, 9.17) is 22.1 Å². The van der Waals surface area contributed by atoms with Gasteiger partial charge in [0.2, 0.25) is 0 Å². The van der Waals surface area contributed by atoms with Crippen molar-refractivity contribution in [2.45, 2.75) is 6.61 Å². The summed E-state index contributed by atoms with van der Waals surface area (Å²) in [4.78, 5) is 0. The second kappa shape index (κ2) is 6.09. The van der Waals surface area contributed by atoms with Crippen molar-refractivity contribution >= 4 is 17.3 Å². The van der Waals surface area contributed by atoms with Crippen LogP contribution in [0.15, 0.2) is 30.3 Å². The summed E-state index contributed by atoms with van der Waals surface area (Å²) in [5.41, 5.74) is 5.35. The SMILES string of the molecule is Nc1cc(F)c(OC(F)F)cc1Oc1ccc(Cl)c(F)c1. The Hall–Kier alpha value is -2.15. The number of nitrogen functional groups attached to an aromatic ring is 1. The lowest BCUT2D eigenvalue weighted by Crippen LogP contribution is -2.05. The summed E-state index contributed by atoms with van der Waals surface area (Å²) in [5.74, 6) is -2.68. The summed E-state index contributed by atoms with van der Waals surface area (Å²) >= 11 is 5.51. The molecule has 2 rings (SSSR count). The molecule has 0 aliphatic rings. The number of alkyl halides is 2. The summed E-state index contributed by atoms with van der Waals surface area (Å²) in [5, 5.41) is -0.115. The maximum absolute atomic E-state index is 13.4.